The summed E-state index contributed by atoms with van der Waals surface area (Å²) >= 11 is 0. The normalized spacial score (nSPS) is 16.1. The molecule has 2 aliphatic rings. The molecule has 2 saturated heterocycles. The second-order valence-electron chi connectivity index (χ2n) is 11.5. The molecule has 7 N–H and O–H groups in total. The van der Waals surface area contributed by atoms with Crippen molar-refractivity contribution in [2.24, 2.45) is 5.92 Å². The van der Waals surface area contributed by atoms with E-state index in [1.165, 1.54) is 23.8 Å². The van der Waals surface area contributed by atoms with Crippen LogP contribution in [0.2, 0.25) is 0 Å². The van der Waals surface area contributed by atoms with Gasteiger partial charge in [0.05, 0.1) is 24.3 Å². The number of aromatic hydroxyl groups is 1. The molecule has 0 radical (unpaired) electrons. The van der Waals surface area contributed by atoms with Gasteiger partial charge in [-0.25, -0.2) is 9.59 Å². The van der Waals surface area contributed by atoms with Crippen molar-refractivity contribution in [2.75, 3.05) is 32.7 Å². The number of piperidine rings is 2. The van der Waals surface area contributed by atoms with Gasteiger partial charge < -0.3 is 31.2 Å². The van der Waals surface area contributed by atoms with Gasteiger partial charge in [0.25, 0.3) is 0 Å². The summed E-state index contributed by atoms with van der Waals surface area (Å²) in [4.78, 5) is 30.9. The van der Waals surface area contributed by atoms with E-state index >= 15 is 0 Å². The number of aromatic nitrogens is 2. The summed E-state index contributed by atoms with van der Waals surface area (Å²) < 4.78 is 65.6. The van der Waals surface area contributed by atoms with E-state index < -0.39 is 30.3 Å². The fourth-order valence-electron chi connectivity index (χ4n) is 5.36. The Bertz CT molecular complexity index is 1570. The Labute approximate surface area is 281 Å². The van der Waals surface area contributed by atoms with Crippen LogP contribution >= 0.6 is 0 Å². The number of carboxylic acids is 3. The van der Waals surface area contributed by atoms with Crippen molar-refractivity contribution in [3.8, 4) is 5.75 Å². The van der Waals surface area contributed by atoms with Crippen molar-refractivity contribution in [1.29, 1.82) is 0 Å². The van der Waals surface area contributed by atoms with E-state index in [1.54, 1.807) is 12.1 Å². The van der Waals surface area contributed by atoms with E-state index in [4.69, 9.17) is 30.0 Å². The van der Waals surface area contributed by atoms with Gasteiger partial charge in [0.2, 0.25) is 0 Å². The molecule has 0 amide bonds. The first kappa shape index (κ1) is 41.5. The number of aliphatic carboxylic acids is 3. The number of phenols is 1. The minimum atomic E-state index is -5.08. The quantitative estimate of drug-likeness (QED) is 0.217. The van der Waals surface area contributed by atoms with Gasteiger partial charge in [-0.3, -0.25) is 14.4 Å². The summed E-state index contributed by atoms with van der Waals surface area (Å²) in [5.41, 5.74) is 4.51. The molecule has 2 fully saturated rings. The number of benzene rings is 2. The lowest BCUT2D eigenvalue weighted by Crippen LogP contribution is -2.36. The lowest BCUT2D eigenvalue weighted by Gasteiger charge is -2.30. The van der Waals surface area contributed by atoms with Crippen LogP contribution in [0.25, 0.3) is 17.0 Å². The summed E-state index contributed by atoms with van der Waals surface area (Å²) in [6, 6.07) is 13.9. The van der Waals surface area contributed by atoms with Gasteiger partial charge in [-0.1, -0.05) is 36.4 Å². The number of hydrogen-bond acceptors (Lipinski definition) is 7. The Morgan fingerprint density at radius 3 is 1.90 bits per heavy atom. The predicted octanol–water partition coefficient (Wildman–Crippen LogP) is 4.51. The third-order valence-electron chi connectivity index (χ3n) is 7.84. The highest BCUT2D eigenvalue weighted by Crippen LogP contribution is 2.34. The summed E-state index contributed by atoms with van der Waals surface area (Å²) in [7, 11) is 0. The number of alkyl halides is 6. The van der Waals surface area contributed by atoms with E-state index in [1.807, 2.05) is 17.0 Å². The van der Waals surface area contributed by atoms with E-state index in [2.05, 4.69) is 40.3 Å². The van der Waals surface area contributed by atoms with Crippen LogP contribution in [0.4, 0.5) is 26.3 Å². The van der Waals surface area contributed by atoms with Crippen molar-refractivity contribution < 1.29 is 66.6 Å². The molecule has 0 unspecified atom stereocenters. The summed E-state index contributed by atoms with van der Waals surface area (Å²) in [6.07, 6.45) is -1.38. The first-order chi connectivity index (χ1) is 22.9. The molecule has 3 heterocycles. The van der Waals surface area contributed by atoms with E-state index in [0.29, 0.717) is 18.4 Å². The minimum Gasteiger partial charge on any atom is -0.508 e. The molecule has 0 bridgehead atoms. The minimum absolute atomic E-state index is 0. The first-order valence-corrected chi connectivity index (χ1v) is 15.2. The number of nitrogens with one attached hydrogen (secondary N) is 1. The standard InChI is InChI=1S/C28H34N4O3.2C2HF3O2.H2O/c33-24-6-3-22(4-7-24)18-32-26-17-21(2-1-20-9-13-29-14-10-20)5-8-25(26)28(30-32)23-11-15-31(16-12-23)19-27(34)35;2*3-2(4,5)1(6)7;/h1-8,17,20,23,29,33H,9-16,18-19H2,(H,34,35);2*(H,6,7);1H2. The van der Waals surface area contributed by atoms with Crippen LogP contribution in [0, 0.1) is 5.92 Å². The number of nitrogens with zero attached hydrogens (tertiary/aromatic N) is 3. The molecular weight excluding hydrogens is 682 g/mol. The fourth-order valence-corrected chi connectivity index (χ4v) is 5.36. The summed E-state index contributed by atoms with van der Waals surface area (Å²) in [5.74, 6) is -5.07. The molecule has 50 heavy (non-hydrogen) atoms. The first-order valence-electron chi connectivity index (χ1n) is 15.2. The SMILES string of the molecule is O.O=C(O)C(F)(F)F.O=C(O)C(F)(F)F.O=C(O)CN1CCC(c2nn(Cc3ccc(O)cc3)c3cc(C=CC4CCNCC4)ccc23)CC1. The zero-order valence-corrected chi connectivity index (χ0v) is 26.5. The van der Waals surface area contributed by atoms with Gasteiger partial charge in [-0.2, -0.15) is 31.4 Å². The maximum atomic E-state index is 11.1. The van der Waals surface area contributed by atoms with Crippen molar-refractivity contribution in [1.82, 2.24) is 20.0 Å². The highest BCUT2D eigenvalue weighted by molar-refractivity contribution is 5.85. The smallest absolute Gasteiger partial charge is 0.490 e. The number of fused-ring (bicyclic) bond motifs is 1. The number of phenolic OH excluding ortho intramolecular Hbond substituents is 1. The summed E-state index contributed by atoms with van der Waals surface area (Å²) in [6.45, 7) is 4.47. The van der Waals surface area contributed by atoms with Crippen molar-refractivity contribution >= 4 is 34.9 Å². The Kier molecular flexibility index (Phi) is 15.2. The van der Waals surface area contributed by atoms with Crippen LogP contribution in [-0.4, -0.2) is 104 Å². The zero-order valence-electron chi connectivity index (χ0n) is 26.5. The number of hydrogen-bond donors (Lipinski definition) is 5. The van der Waals surface area contributed by atoms with Crippen LogP contribution in [0.1, 0.15) is 48.4 Å². The van der Waals surface area contributed by atoms with Crippen LogP contribution in [-0.2, 0) is 20.9 Å². The highest BCUT2D eigenvalue weighted by atomic mass is 19.4. The second kappa shape index (κ2) is 18.4. The maximum Gasteiger partial charge on any atom is 0.490 e. The molecular formula is C32H38F6N4O8. The third-order valence-corrected chi connectivity index (χ3v) is 7.84. The zero-order chi connectivity index (χ0) is 36.4. The Morgan fingerprint density at radius 1 is 0.860 bits per heavy atom. The molecule has 0 aliphatic carbocycles. The molecule has 3 aromatic rings. The molecule has 2 aromatic carbocycles. The lowest BCUT2D eigenvalue weighted by atomic mass is 9.91. The largest absolute Gasteiger partial charge is 0.508 e. The second-order valence-corrected chi connectivity index (χ2v) is 11.5. The Morgan fingerprint density at radius 2 is 1.40 bits per heavy atom. The van der Waals surface area contributed by atoms with Gasteiger partial charge in [-0.05, 0) is 87.1 Å². The average molecular weight is 721 g/mol. The van der Waals surface area contributed by atoms with Crippen LogP contribution in [0.5, 0.6) is 5.75 Å². The molecule has 2 aliphatic heterocycles. The predicted molar refractivity (Wildman–Crippen MR) is 169 cm³/mol. The monoisotopic (exact) mass is 720 g/mol. The molecule has 1 aromatic heterocycles. The highest BCUT2D eigenvalue weighted by Gasteiger charge is 2.39. The van der Waals surface area contributed by atoms with Crippen LogP contribution < -0.4 is 5.32 Å². The van der Waals surface area contributed by atoms with Crippen molar-refractivity contribution in [2.45, 2.75) is 50.5 Å². The summed E-state index contributed by atoms with van der Waals surface area (Å²) in [5, 5.41) is 42.7. The topological polar surface area (TPSA) is 197 Å². The van der Waals surface area contributed by atoms with Gasteiger partial charge in [0.15, 0.2) is 0 Å². The molecule has 0 atom stereocenters. The molecule has 0 saturated carbocycles. The Balaban J connectivity index is 0.000000489. The van der Waals surface area contributed by atoms with Gasteiger partial charge in [-0.15, -0.1) is 0 Å². The number of carbonyl (C=O) groups is 3. The molecule has 276 valence electrons. The lowest BCUT2D eigenvalue weighted by molar-refractivity contribution is -0.193. The average Bonchev–Trinajstić information content (AvgIpc) is 3.38. The van der Waals surface area contributed by atoms with Gasteiger partial charge >= 0.3 is 30.3 Å². The number of carboxylic acid groups (broad SMARTS) is 3. The fraction of sp³-hybridized carbons (Fsp3) is 0.438. The van der Waals surface area contributed by atoms with Crippen LogP contribution in [0.3, 0.4) is 0 Å². The van der Waals surface area contributed by atoms with Crippen molar-refractivity contribution in [3.05, 3.63) is 65.4 Å². The van der Waals surface area contributed by atoms with Crippen molar-refractivity contribution in [3.63, 3.8) is 0 Å². The molecule has 12 nitrogen and oxygen atoms in total. The Hall–Kier alpha value is -4.68. The number of rotatable bonds is 7. The van der Waals surface area contributed by atoms with Gasteiger partial charge in [0, 0.05) is 11.3 Å². The number of halogens is 6. The molecule has 0 spiro atoms. The number of likely N-dealkylation sites (tertiary alicyclic amines) is 1. The maximum absolute atomic E-state index is 11.1. The van der Waals surface area contributed by atoms with Crippen LogP contribution in [0.15, 0.2) is 48.5 Å². The van der Waals surface area contributed by atoms with E-state index in [0.717, 1.165) is 55.8 Å². The van der Waals surface area contributed by atoms with Gasteiger partial charge in [0.1, 0.15) is 5.75 Å². The van der Waals surface area contributed by atoms with E-state index in [9.17, 15) is 36.2 Å². The molecule has 18 heteroatoms. The number of allylic oxidation sites excluding steroid dienone is 1. The third kappa shape index (κ3) is 13.0. The molecule has 5 rings (SSSR count). The van der Waals surface area contributed by atoms with E-state index in [-0.39, 0.29) is 17.8 Å².